The van der Waals surface area contributed by atoms with E-state index in [4.69, 9.17) is 18.9 Å². The monoisotopic (exact) mass is 543 g/mol. The number of nitrogens with one attached hydrogen (secondary N) is 2. The molecule has 1 aromatic carbocycles. The molecule has 1 aliphatic carbocycles. The Morgan fingerprint density at radius 2 is 2.00 bits per heavy atom. The summed E-state index contributed by atoms with van der Waals surface area (Å²) < 4.78 is 23.3. The van der Waals surface area contributed by atoms with Gasteiger partial charge in [-0.15, -0.1) is 0 Å². The van der Waals surface area contributed by atoms with Crippen molar-refractivity contribution in [2.24, 2.45) is 11.3 Å². The number of ether oxygens (including phenoxy) is 4. The van der Waals surface area contributed by atoms with Gasteiger partial charge in [0.15, 0.2) is 0 Å². The van der Waals surface area contributed by atoms with Gasteiger partial charge in [0.1, 0.15) is 11.4 Å². The largest absolute Gasteiger partial charge is 0.484 e. The maximum atomic E-state index is 13.0. The average Bonchev–Trinajstić information content (AvgIpc) is 3.72. The van der Waals surface area contributed by atoms with Crippen molar-refractivity contribution in [3.8, 4) is 5.75 Å². The number of nitrogens with zero attached hydrogens (tertiary/aromatic N) is 1. The van der Waals surface area contributed by atoms with Gasteiger partial charge in [-0.2, -0.15) is 0 Å². The number of benzene rings is 1. The molecule has 39 heavy (non-hydrogen) atoms. The minimum Gasteiger partial charge on any atom is -0.484 e. The van der Waals surface area contributed by atoms with Crippen molar-refractivity contribution in [2.45, 2.75) is 89.6 Å². The highest BCUT2D eigenvalue weighted by Crippen LogP contribution is 2.50. The van der Waals surface area contributed by atoms with Crippen LogP contribution in [0.2, 0.25) is 0 Å². The molecule has 5 rings (SSSR count). The molecule has 8 nitrogen and oxygen atoms in total. The van der Waals surface area contributed by atoms with E-state index >= 15 is 0 Å². The minimum absolute atomic E-state index is 0.147. The van der Waals surface area contributed by atoms with E-state index in [1.165, 1.54) is 5.56 Å². The predicted octanol–water partition coefficient (Wildman–Crippen LogP) is 4.05. The van der Waals surface area contributed by atoms with Crippen LogP contribution < -0.4 is 20.3 Å². The van der Waals surface area contributed by atoms with Crippen LogP contribution in [0, 0.1) is 11.3 Å². The number of hydrogen-bond acceptors (Lipinski definition) is 7. The standard InChI is InChI=1S/C31H49N3O5/c1-30(2)22-34(13-4-14-36-3)27-17-24(5-8-28(27)39-30)21-38-26-7-6-25(32-20-26)18-31(11-12-31)29(35)33-19-23-9-15-37-16-10-23/h5,8,17,23,25-26,32H,4,6-7,9-16,18-22H2,1-3H3,(H,33,35)/t25-,26+/m0/s1. The molecule has 2 N–H and O–H groups in total. The molecule has 218 valence electrons. The summed E-state index contributed by atoms with van der Waals surface area (Å²) in [5.74, 6) is 1.78. The zero-order valence-corrected chi connectivity index (χ0v) is 24.3. The topological polar surface area (TPSA) is 81.3 Å². The van der Waals surface area contributed by atoms with E-state index in [1.807, 2.05) is 0 Å². The quantitative estimate of drug-likeness (QED) is 0.385. The van der Waals surface area contributed by atoms with Crippen molar-refractivity contribution >= 4 is 11.6 Å². The van der Waals surface area contributed by atoms with E-state index in [-0.39, 0.29) is 23.0 Å². The van der Waals surface area contributed by atoms with Crippen molar-refractivity contribution < 1.29 is 23.7 Å². The van der Waals surface area contributed by atoms with E-state index in [1.54, 1.807) is 7.11 Å². The van der Waals surface area contributed by atoms with Gasteiger partial charge in [-0.05, 0) is 88.8 Å². The lowest BCUT2D eigenvalue weighted by Crippen LogP contribution is -2.47. The van der Waals surface area contributed by atoms with Crippen LogP contribution in [0.5, 0.6) is 5.75 Å². The summed E-state index contributed by atoms with van der Waals surface area (Å²) in [6, 6.07) is 6.84. The highest BCUT2D eigenvalue weighted by Gasteiger charge is 2.51. The molecule has 0 radical (unpaired) electrons. The van der Waals surface area contributed by atoms with Gasteiger partial charge >= 0.3 is 0 Å². The number of hydrogen-bond donors (Lipinski definition) is 2. The second kappa shape index (κ2) is 12.8. The molecular weight excluding hydrogens is 494 g/mol. The summed E-state index contributed by atoms with van der Waals surface area (Å²) in [4.78, 5) is 15.4. The highest BCUT2D eigenvalue weighted by atomic mass is 16.5. The third-order valence-corrected chi connectivity index (χ3v) is 8.92. The van der Waals surface area contributed by atoms with Crippen molar-refractivity contribution in [1.82, 2.24) is 10.6 Å². The summed E-state index contributed by atoms with van der Waals surface area (Å²) in [6.45, 7) is 10.7. The Labute approximate surface area is 234 Å². The van der Waals surface area contributed by atoms with Gasteiger partial charge in [-0.1, -0.05) is 6.07 Å². The first-order valence-corrected chi connectivity index (χ1v) is 15.1. The van der Waals surface area contributed by atoms with Gasteiger partial charge in [0.05, 0.1) is 30.4 Å². The number of amides is 1. The van der Waals surface area contributed by atoms with E-state index in [9.17, 15) is 4.79 Å². The van der Waals surface area contributed by atoms with Gasteiger partial charge < -0.3 is 34.5 Å². The summed E-state index contributed by atoms with van der Waals surface area (Å²) in [6.07, 6.45) is 8.37. The van der Waals surface area contributed by atoms with Gasteiger partial charge in [-0.3, -0.25) is 4.79 Å². The summed E-state index contributed by atoms with van der Waals surface area (Å²) in [5, 5.41) is 6.96. The van der Waals surface area contributed by atoms with Crippen molar-refractivity contribution in [3.63, 3.8) is 0 Å². The van der Waals surface area contributed by atoms with E-state index in [0.29, 0.717) is 18.6 Å². The van der Waals surface area contributed by atoms with Crippen LogP contribution in [0.4, 0.5) is 5.69 Å². The lowest BCUT2D eigenvalue weighted by molar-refractivity contribution is -0.127. The first kappa shape index (κ1) is 28.7. The third kappa shape index (κ3) is 7.66. The van der Waals surface area contributed by atoms with Gasteiger partial charge in [-0.25, -0.2) is 0 Å². The number of piperidine rings is 1. The zero-order chi connectivity index (χ0) is 27.3. The molecule has 2 saturated heterocycles. The Morgan fingerprint density at radius 1 is 1.18 bits per heavy atom. The Hall–Kier alpha value is -1.87. The molecule has 3 heterocycles. The molecule has 2 atom stereocenters. The van der Waals surface area contributed by atoms with Crippen molar-refractivity contribution in [2.75, 3.05) is 58.0 Å². The molecule has 3 aliphatic heterocycles. The Morgan fingerprint density at radius 3 is 2.72 bits per heavy atom. The fourth-order valence-corrected chi connectivity index (χ4v) is 6.40. The van der Waals surface area contributed by atoms with Crippen molar-refractivity contribution in [3.05, 3.63) is 23.8 Å². The van der Waals surface area contributed by atoms with E-state index in [2.05, 4.69) is 47.6 Å². The van der Waals surface area contributed by atoms with Gasteiger partial charge in [0.25, 0.3) is 0 Å². The van der Waals surface area contributed by atoms with E-state index in [0.717, 1.165) is 109 Å². The molecule has 0 aromatic heterocycles. The molecule has 1 amide bonds. The van der Waals surface area contributed by atoms with Crippen LogP contribution in [0.1, 0.15) is 70.8 Å². The minimum atomic E-state index is -0.215. The summed E-state index contributed by atoms with van der Waals surface area (Å²) in [5.41, 5.74) is 1.96. The Kier molecular flexibility index (Phi) is 9.37. The maximum absolute atomic E-state index is 13.0. The average molecular weight is 544 g/mol. The van der Waals surface area contributed by atoms with Crippen LogP contribution in [0.25, 0.3) is 0 Å². The fourth-order valence-electron chi connectivity index (χ4n) is 6.40. The fraction of sp³-hybridized carbons (Fsp3) is 0.774. The lowest BCUT2D eigenvalue weighted by atomic mass is 9.90. The molecule has 0 bridgehead atoms. The SMILES string of the molecule is COCCCN1CC(C)(C)Oc2ccc(CO[C@@H]3CC[C@@H](CC4(C(=O)NCC5CCOCC5)CC4)NC3)cc21. The summed E-state index contributed by atoms with van der Waals surface area (Å²) in [7, 11) is 1.75. The molecule has 4 aliphatic rings. The molecule has 0 unspecified atom stereocenters. The highest BCUT2D eigenvalue weighted by molar-refractivity contribution is 5.85. The van der Waals surface area contributed by atoms with Crippen LogP contribution in [0.15, 0.2) is 18.2 Å². The smallest absolute Gasteiger partial charge is 0.226 e. The Bertz CT molecular complexity index is 952. The van der Waals surface area contributed by atoms with E-state index < -0.39 is 0 Å². The molecule has 1 saturated carbocycles. The van der Waals surface area contributed by atoms with Crippen LogP contribution >= 0.6 is 0 Å². The van der Waals surface area contributed by atoms with Crippen LogP contribution in [-0.2, 0) is 25.6 Å². The predicted molar refractivity (Wildman–Crippen MR) is 152 cm³/mol. The second-order valence-electron chi connectivity index (χ2n) is 12.8. The first-order valence-electron chi connectivity index (χ1n) is 15.1. The number of anilines is 1. The molecule has 0 spiro atoms. The first-order chi connectivity index (χ1) is 18.9. The van der Waals surface area contributed by atoms with Gasteiger partial charge in [0.2, 0.25) is 5.91 Å². The molecule has 1 aromatic rings. The number of methoxy groups -OCH3 is 1. The van der Waals surface area contributed by atoms with Crippen LogP contribution in [-0.4, -0.2) is 76.8 Å². The van der Waals surface area contributed by atoms with Crippen LogP contribution in [0.3, 0.4) is 0 Å². The Balaban J connectivity index is 1.06. The lowest BCUT2D eigenvalue weighted by Gasteiger charge is -2.41. The zero-order valence-electron chi connectivity index (χ0n) is 24.3. The molecular formula is C31H49N3O5. The number of carbonyl (C=O) groups excluding carboxylic acids is 1. The maximum Gasteiger partial charge on any atom is 0.226 e. The normalized spacial score (nSPS) is 26.0. The third-order valence-electron chi connectivity index (χ3n) is 8.92. The second-order valence-corrected chi connectivity index (χ2v) is 12.8. The summed E-state index contributed by atoms with van der Waals surface area (Å²) >= 11 is 0. The van der Waals surface area contributed by atoms with Gasteiger partial charge in [0, 0.05) is 52.6 Å². The number of rotatable bonds is 12. The molecule has 8 heteroatoms. The number of carbonyl (C=O) groups is 1. The molecule has 3 fully saturated rings. The number of fused-ring (bicyclic) bond motifs is 1. The van der Waals surface area contributed by atoms with Crippen molar-refractivity contribution in [1.29, 1.82) is 0 Å².